The summed E-state index contributed by atoms with van der Waals surface area (Å²) >= 11 is 1.91. The molecule has 0 aromatic carbocycles. The van der Waals surface area contributed by atoms with Crippen molar-refractivity contribution < 1.29 is 0 Å². The maximum Gasteiger partial charge on any atom is 0.0200 e. The zero-order valence-electron chi connectivity index (χ0n) is 9.21. The molecule has 1 aliphatic carbocycles. The third-order valence-corrected chi connectivity index (χ3v) is 4.38. The van der Waals surface area contributed by atoms with Gasteiger partial charge in [0.05, 0.1) is 0 Å². The highest BCUT2D eigenvalue weighted by atomic mass is 32.1. The van der Waals surface area contributed by atoms with Gasteiger partial charge in [0.2, 0.25) is 0 Å². The average molecular weight is 209 g/mol. The van der Waals surface area contributed by atoms with Crippen molar-refractivity contribution in [2.75, 3.05) is 6.54 Å². The molecule has 2 rings (SSSR count). The first-order chi connectivity index (χ1) is 6.65. The molecule has 1 fully saturated rings. The Labute approximate surface area is 90.5 Å². The van der Waals surface area contributed by atoms with Crippen molar-refractivity contribution in [2.45, 2.75) is 38.6 Å². The summed E-state index contributed by atoms with van der Waals surface area (Å²) in [5.74, 6) is 0.854. The third kappa shape index (κ3) is 1.73. The van der Waals surface area contributed by atoms with E-state index in [4.69, 9.17) is 0 Å². The molecule has 2 atom stereocenters. The topological polar surface area (TPSA) is 12.0 Å². The fourth-order valence-electron chi connectivity index (χ4n) is 2.11. The molecule has 1 saturated carbocycles. The van der Waals surface area contributed by atoms with Gasteiger partial charge >= 0.3 is 0 Å². The molecule has 2 unspecified atom stereocenters. The Morgan fingerprint density at radius 3 is 2.79 bits per heavy atom. The third-order valence-electron chi connectivity index (χ3n) is 3.29. The van der Waals surface area contributed by atoms with Gasteiger partial charge in [0, 0.05) is 22.9 Å². The minimum atomic E-state index is 0.471. The van der Waals surface area contributed by atoms with Crippen LogP contribution in [0.5, 0.6) is 0 Å². The van der Waals surface area contributed by atoms with Gasteiger partial charge in [-0.2, -0.15) is 0 Å². The molecule has 1 aromatic heterocycles. The minimum absolute atomic E-state index is 0.471. The van der Waals surface area contributed by atoms with Gasteiger partial charge in [-0.05, 0) is 23.8 Å². The van der Waals surface area contributed by atoms with E-state index in [9.17, 15) is 0 Å². The average Bonchev–Trinajstić information content (AvgIpc) is 2.63. The van der Waals surface area contributed by atoms with Crippen molar-refractivity contribution >= 4 is 11.3 Å². The van der Waals surface area contributed by atoms with Crippen LogP contribution in [0, 0.1) is 5.92 Å². The van der Waals surface area contributed by atoms with Crippen LogP contribution in [0.1, 0.15) is 32.1 Å². The molecule has 0 saturated heterocycles. The molecule has 0 radical (unpaired) electrons. The predicted molar refractivity (Wildman–Crippen MR) is 62.9 cm³/mol. The number of rotatable bonds is 4. The largest absolute Gasteiger partial charge is 0.314 e. The lowest BCUT2D eigenvalue weighted by molar-refractivity contribution is 0.504. The van der Waals surface area contributed by atoms with Crippen LogP contribution in [0.3, 0.4) is 0 Å². The molecule has 14 heavy (non-hydrogen) atoms. The summed E-state index contributed by atoms with van der Waals surface area (Å²) in [6, 6.07) is 5.05. The summed E-state index contributed by atoms with van der Waals surface area (Å²) < 4.78 is 0. The van der Waals surface area contributed by atoms with E-state index in [-0.39, 0.29) is 0 Å². The molecule has 0 aliphatic heterocycles. The SMILES string of the molecule is CC(C)NCC1(c2cccs2)CC1C. The summed E-state index contributed by atoms with van der Waals surface area (Å²) in [6.45, 7) is 7.94. The van der Waals surface area contributed by atoms with E-state index in [0.717, 1.165) is 12.5 Å². The van der Waals surface area contributed by atoms with Gasteiger partial charge in [0.1, 0.15) is 0 Å². The van der Waals surface area contributed by atoms with E-state index in [0.29, 0.717) is 11.5 Å². The molecule has 78 valence electrons. The van der Waals surface area contributed by atoms with E-state index >= 15 is 0 Å². The summed E-state index contributed by atoms with van der Waals surface area (Å²) in [5.41, 5.74) is 0.471. The van der Waals surface area contributed by atoms with Crippen molar-refractivity contribution in [1.82, 2.24) is 5.32 Å². The van der Waals surface area contributed by atoms with E-state index in [1.807, 2.05) is 11.3 Å². The number of thiophene rings is 1. The molecular weight excluding hydrogens is 190 g/mol. The lowest BCUT2D eigenvalue weighted by atomic mass is 10.0. The van der Waals surface area contributed by atoms with Gasteiger partial charge in [-0.3, -0.25) is 0 Å². The van der Waals surface area contributed by atoms with Crippen LogP contribution in [-0.2, 0) is 5.41 Å². The molecule has 2 heteroatoms. The van der Waals surface area contributed by atoms with Gasteiger partial charge in [0.25, 0.3) is 0 Å². The van der Waals surface area contributed by atoms with Crippen molar-refractivity contribution in [2.24, 2.45) is 5.92 Å². The van der Waals surface area contributed by atoms with Gasteiger partial charge in [-0.1, -0.05) is 26.8 Å². The number of nitrogens with one attached hydrogen (secondary N) is 1. The van der Waals surface area contributed by atoms with E-state index in [1.54, 1.807) is 4.88 Å². The quantitative estimate of drug-likeness (QED) is 0.804. The second-order valence-electron chi connectivity index (χ2n) is 4.77. The maximum absolute atomic E-state index is 3.57. The first-order valence-electron chi connectivity index (χ1n) is 5.42. The zero-order valence-corrected chi connectivity index (χ0v) is 10.0. The standard InChI is InChI=1S/C12H19NS/c1-9(2)13-8-12(7-10(12)3)11-5-4-6-14-11/h4-6,9-10,13H,7-8H2,1-3H3. The second-order valence-corrected chi connectivity index (χ2v) is 5.72. The molecular formula is C12H19NS. The van der Waals surface area contributed by atoms with Crippen molar-refractivity contribution in [3.8, 4) is 0 Å². The Bertz CT molecular complexity index is 291. The zero-order chi connectivity index (χ0) is 10.2. The fraction of sp³-hybridized carbons (Fsp3) is 0.667. The Morgan fingerprint density at radius 1 is 1.64 bits per heavy atom. The highest BCUT2D eigenvalue weighted by Gasteiger charge is 2.52. The van der Waals surface area contributed by atoms with Gasteiger partial charge < -0.3 is 5.32 Å². The van der Waals surface area contributed by atoms with Crippen molar-refractivity contribution in [3.63, 3.8) is 0 Å². The molecule has 1 N–H and O–H groups in total. The Balaban J connectivity index is 2.05. The summed E-state index contributed by atoms with van der Waals surface area (Å²) in [7, 11) is 0. The first-order valence-corrected chi connectivity index (χ1v) is 6.30. The van der Waals surface area contributed by atoms with Crippen LogP contribution in [0.2, 0.25) is 0 Å². The maximum atomic E-state index is 3.57. The summed E-state index contributed by atoms with van der Waals surface area (Å²) in [4.78, 5) is 1.57. The molecule has 0 spiro atoms. The van der Waals surface area contributed by atoms with E-state index < -0.39 is 0 Å². The van der Waals surface area contributed by atoms with Gasteiger partial charge in [-0.15, -0.1) is 11.3 Å². The second kappa shape index (κ2) is 3.67. The van der Waals surface area contributed by atoms with Crippen LogP contribution in [0.25, 0.3) is 0 Å². The lowest BCUT2D eigenvalue weighted by Gasteiger charge is -2.17. The van der Waals surface area contributed by atoms with Crippen LogP contribution in [-0.4, -0.2) is 12.6 Å². The Hall–Kier alpha value is -0.340. The molecule has 1 aliphatic rings. The monoisotopic (exact) mass is 209 g/mol. The molecule has 1 nitrogen and oxygen atoms in total. The fourth-order valence-corrected chi connectivity index (χ4v) is 3.16. The smallest absolute Gasteiger partial charge is 0.0200 e. The first kappa shape index (κ1) is 10.2. The predicted octanol–water partition coefficient (Wildman–Crippen LogP) is 3.02. The van der Waals surface area contributed by atoms with Crippen LogP contribution in [0.15, 0.2) is 17.5 Å². The van der Waals surface area contributed by atoms with Gasteiger partial charge in [-0.25, -0.2) is 0 Å². The van der Waals surface area contributed by atoms with Crippen molar-refractivity contribution in [3.05, 3.63) is 22.4 Å². The molecule has 0 amide bonds. The van der Waals surface area contributed by atoms with E-state index in [2.05, 4.69) is 43.6 Å². The lowest BCUT2D eigenvalue weighted by Crippen LogP contribution is -2.32. The Kier molecular flexibility index (Phi) is 2.67. The van der Waals surface area contributed by atoms with Crippen LogP contribution in [0.4, 0.5) is 0 Å². The summed E-state index contributed by atoms with van der Waals surface area (Å²) in [6.07, 6.45) is 1.35. The molecule has 0 bridgehead atoms. The molecule has 1 aromatic rings. The van der Waals surface area contributed by atoms with Gasteiger partial charge in [0.15, 0.2) is 0 Å². The molecule has 1 heterocycles. The normalized spacial score (nSPS) is 31.0. The van der Waals surface area contributed by atoms with Crippen molar-refractivity contribution in [1.29, 1.82) is 0 Å². The van der Waals surface area contributed by atoms with E-state index in [1.165, 1.54) is 6.42 Å². The highest BCUT2D eigenvalue weighted by Crippen LogP contribution is 2.54. The summed E-state index contributed by atoms with van der Waals surface area (Å²) in [5, 5.41) is 5.77. The Morgan fingerprint density at radius 2 is 2.36 bits per heavy atom. The number of hydrogen-bond acceptors (Lipinski definition) is 2. The minimum Gasteiger partial charge on any atom is -0.314 e. The number of hydrogen-bond donors (Lipinski definition) is 1. The van der Waals surface area contributed by atoms with Crippen LogP contribution < -0.4 is 5.32 Å². The van der Waals surface area contributed by atoms with Crippen LogP contribution >= 0.6 is 11.3 Å². The highest BCUT2D eigenvalue weighted by molar-refractivity contribution is 7.10.